The number of hydrogen-bond donors (Lipinski definition) is 1. The molecule has 9 heteroatoms. The van der Waals surface area contributed by atoms with Gasteiger partial charge in [-0.15, -0.1) is 0 Å². The molecule has 0 fully saturated rings. The molecule has 0 bridgehead atoms. The number of hydrogen-bond acceptors (Lipinski definition) is 2. The zero-order valence-corrected chi connectivity index (χ0v) is 10.9. The molecule has 1 aromatic heterocycles. The molecule has 1 N–H and O–H groups in total. The van der Waals surface area contributed by atoms with Crippen molar-refractivity contribution in [2.45, 2.75) is 31.8 Å². The molecule has 106 valence electrons. The van der Waals surface area contributed by atoms with Crippen LogP contribution in [0.1, 0.15) is 19.8 Å². The zero-order valence-electron chi connectivity index (χ0n) is 10.1. The highest BCUT2D eigenvalue weighted by Gasteiger charge is 2.44. The van der Waals surface area contributed by atoms with E-state index >= 15 is 0 Å². The van der Waals surface area contributed by atoms with Gasteiger partial charge in [0.05, 0.1) is 13.6 Å². The Labute approximate surface area is 104 Å². The second-order valence-electron chi connectivity index (χ2n) is 3.59. The third-order valence-electron chi connectivity index (χ3n) is 1.89. The lowest BCUT2D eigenvalue weighted by Crippen LogP contribution is -2.23. The van der Waals surface area contributed by atoms with E-state index in [4.69, 9.17) is 13.0 Å². The Bertz CT molecular complexity index is 454. The smallest absolute Gasteiger partial charge is 0.279 e. The van der Waals surface area contributed by atoms with Crippen LogP contribution in [-0.4, -0.2) is 23.0 Å². The number of aromatic nitrogens is 2. The fourth-order valence-electron chi connectivity index (χ4n) is 0.975. The Hall–Kier alpha value is -1.09. The van der Waals surface area contributed by atoms with Crippen molar-refractivity contribution in [1.82, 2.24) is 4.57 Å². The molecule has 0 aromatic carbocycles. The monoisotopic (exact) mass is 289 g/mol. The Morgan fingerprint density at radius 3 is 2.17 bits per heavy atom. The minimum atomic E-state index is -5.84. The molecule has 0 aliphatic heterocycles. The SMILES string of the molecule is CCCCn1cc[n+](C)c1.O=S(=O)(O)C(F)(F)F. The van der Waals surface area contributed by atoms with Crippen molar-refractivity contribution in [3.63, 3.8) is 0 Å². The fourth-order valence-corrected chi connectivity index (χ4v) is 0.975. The Kier molecular flexibility index (Phi) is 6.33. The molecule has 0 amide bonds. The highest BCUT2D eigenvalue weighted by molar-refractivity contribution is 7.86. The number of nitrogens with zero attached hydrogens (tertiary/aromatic N) is 2. The lowest BCUT2D eigenvalue weighted by molar-refractivity contribution is -0.671. The van der Waals surface area contributed by atoms with Gasteiger partial charge in [-0.2, -0.15) is 21.6 Å². The van der Waals surface area contributed by atoms with Crippen LogP contribution in [0.25, 0.3) is 0 Å². The zero-order chi connectivity index (χ0) is 14.4. The first-order chi connectivity index (χ1) is 8.08. The molecule has 0 aliphatic rings. The van der Waals surface area contributed by atoms with Crippen LogP contribution in [0.4, 0.5) is 13.2 Å². The molecule has 0 unspecified atom stereocenters. The summed E-state index contributed by atoms with van der Waals surface area (Å²) in [5, 5.41) is 0. The summed E-state index contributed by atoms with van der Waals surface area (Å²) in [7, 11) is -3.80. The largest absolute Gasteiger partial charge is 0.522 e. The number of unbranched alkanes of at least 4 members (excludes halogenated alkanes) is 1. The minimum Gasteiger partial charge on any atom is -0.279 e. The molecule has 5 nitrogen and oxygen atoms in total. The van der Waals surface area contributed by atoms with Crippen LogP contribution in [0.5, 0.6) is 0 Å². The van der Waals surface area contributed by atoms with E-state index < -0.39 is 15.6 Å². The maximum absolute atomic E-state index is 10.7. The van der Waals surface area contributed by atoms with Gasteiger partial charge in [0.2, 0.25) is 6.33 Å². The summed E-state index contributed by atoms with van der Waals surface area (Å²) >= 11 is 0. The standard InChI is InChI=1S/C8H15N2.CHF3O3S/c1-3-4-5-10-7-6-9(2)8-10;2-1(3,4)8(5,6)7/h6-8H,3-5H2,1-2H3;(H,5,6,7)/q+1;. The maximum atomic E-state index is 10.7. The van der Waals surface area contributed by atoms with Gasteiger partial charge in [0.1, 0.15) is 12.4 Å². The summed E-state index contributed by atoms with van der Waals surface area (Å²) in [4.78, 5) is 0. The first-order valence-electron chi connectivity index (χ1n) is 5.12. The molecule has 0 radical (unpaired) electrons. The van der Waals surface area contributed by atoms with E-state index in [1.54, 1.807) is 0 Å². The van der Waals surface area contributed by atoms with Gasteiger partial charge in [-0.1, -0.05) is 13.3 Å². The highest BCUT2D eigenvalue weighted by atomic mass is 32.2. The number of alkyl halides is 3. The van der Waals surface area contributed by atoms with E-state index in [9.17, 15) is 13.2 Å². The second-order valence-corrected chi connectivity index (χ2v) is 5.00. The van der Waals surface area contributed by atoms with Gasteiger partial charge in [0.25, 0.3) is 0 Å². The molecule has 0 atom stereocenters. The van der Waals surface area contributed by atoms with Crippen LogP contribution in [0.15, 0.2) is 18.7 Å². The number of imidazole rings is 1. The van der Waals surface area contributed by atoms with Gasteiger partial charge in [-0.25, -0.2) is 9.13 Å². The van der Waals surface area contributed by atoms with Crippen LogP contribution in [0.3, 0.4) is 0 Å². The van der Waals surface area contributed by atoms with Crippen molar-refractivity contribution < 1.29 is 30.7 Å². The van der Waals surface area contributed by atoms with Gasteiger partial charge in [-0.05, 0) is 6.42 Å². The molecule has 0 saturated carbocycles. The quantitative estimate of drug-likeness (QED) is 0.521. The number of aryl methyl sites for hydroxylation is 2. The molecule has 0 aliphatic carbocycles. The third kappa shape index (κ3) is 6.60. The van der Waals surface area contributed by atoms with Crippen LogP contribution in [-0.2, 0) is 23.7 Å². The Morgan fingerprint density at radius 1 is 1.39 bits per heavy atom. The van der Waals surface area contributed by atoms with Crippen molar-refractivity contribution in [3.8, 4) is 0 Å². The molecular formula is C9H16F3N2O3S+. The molecule has 0 saturated heterocycles. The van der Waals surface area contributed by atoms with E-state index in [0.717, 1.165) is 6.54 Å². The average molecular weight is 289 g/mol. The summed E-state index contributed by atoms with van der Waals surface area (Å²) < 4.78 is 61.8. The fraction of sp³-hybridized carbons (Fsp3) is 0.667. The third-order valence-corrected chi connectivity index (χ3v) is 2.47. The second kappa shape index (κ2) is 6.74. The van der Waals surface area contributed by atoms with E-state index in [0.29, 0.717) is 0 Å². The van der Waals surface area contributed by atoms with E-state index in [1.807, 2.05) is 7.05 Å². The molecule has 1 rings (SSSR count). The summed E-state index contributed by atoms with van der Waals surface area (Å²) in [5.41, 5.74) is -5.53. The predicted octanol–water partition coefficient (Wildman–Crippen LogP) is 1.51. The van der Waals surface area contributed by atoms with E-state index in [-0.39, 0.29) is 0 Å². The lowest BCUT2D eigenvalue weighted by Gasteiger charge is -1.97. The van der Waals surface area contributed by atoms with Crippen LogP contribution in [0, 0.1) is 0 Å². The minimum absolute atomic E-state index is 1.15. The average Bonchev–Trinajstić information content (AvgIpc) is 2.59. The molecule has 1 aromatic rings. The first-order valence-corrected chi connectivity index (χ1v) is 6.56. The lowest BCUT2D eigenvalue weighted by atomic mass is 10.3. The van der Waals surface area contributed by atoms with Gasteiger partial charge < -0.3 is 0 Å². The van der Waals surface area contributed by atoms with Crippen molar-refractivity contribution >= 4 is 10.1 Å². The van der Waals surface area contributed by atoms with E-state index in [1.165, 1.54) is 12.8 Å². The van der Waals surface area contributed by atoms with Gasteiger partial charge in [0.15, 0.2) is 0 Å². The van der Waals surface area contributed by atoms with Crippen molar-refractivity contribution in [1.29, 1.82) is 0 Å². The van der Waals surface area contributed by atoms with Gasteiger partial charge in [-0.3, -0.25) is 4.55 Å². The normalized spacial score (nSPS) is 11.9. The molecule has 1 heterocycles. The summed E-state index contributed by atoms with van der Waals surface area (Å²) in [6.45, 7) is 3.36. The first kappa shape index (κ1) is 16.9. The molecule has 18 heavy (non-hydrogen) atoms. The summed E-state index contributed by atoms with van der Waals surface area (Å²) in [5.74, 6) is 0. The van der Waals surface area contributed by atoms with Crippen LogP contribution < -0.4 is 4.57 Å². The highest BCUT2D eigenvalue weighted by Crippen LogP contribution is 2.20. The van der Waals surface area contributed by atoms with Crippen molar-refractivity contribution in [2.75, 3.05) is 0 Å². The summed E-state index contributed by atoms with van der Waals surface area (Å²) in [6, 6.07) is 0. The predicted molar refractivity (Wildman–Crippen MR) is 58.1 cm³/mol. The molecule has 0 spiro atoms. The van der Waals surface area contributed by atoms with Crippen LogP contribution >= 0.6 is 0 Å². The van der Waals surface area contributed by atoms with Crippen LogP contribution in [0.2, 0.25) is 0 Å². The van der Waals surface area contributed by atoms with Crippen molar-refractivity contribution in [2.24, 2.45) is 7.05 Å². The summed E-state index contributed by atoms with van der Waals surface area (Å²) in [6.07, 6.45) is 8.82. The maximum Gasteiger partial charge on any atom is 0.522 e. The van der Waals surface area contributed by atoms with E-state index in [2.05, 4.69) is 34.8 Å². The Morgan fingerprint density at radius 2 is 1.89 bits per heavy atom. The number of rotatable bonds is 3. The topological polar surface area (TPSA) is 63.2 Å². The number of halogens is 3. The van der Waals surface area contributed by atoms with Crippen molar-refractivity contribution in [3.05, 3.63) is 18.7 Å². The molecular weight excluding hydrogens is 273 g/mol. The van der Waals surface area contributed by atoms with Gasteiger partial charge in [0, 0.05) is 0 Å². The Balaban J connectivity index is 0.000000331. The van der Waals surface area contributed by atoms with Gasteiger partial charge >= 0.3 is 15.6 Å².